The Morgan fingerprint density at radius 1 is 1.33 bits per heavy atom. The highest BCUT2D eigenvalue weighted by Gasteiger charge is 2.12. The normalized spacial score (nSPS) is 14.8. The monoisotopic (exact) mass is 247 g/mol. The van der Waals surface area contributed by atoms with E-state index in [0.717, 1.165) is 25.2 Å². The summed E-state index contributed by atoms with van der Waals surface area (Å²) < 4.78 is 0. The summed E-state index contributed by atoms with van der Waals surface area (Å²) in [5, 5.41) is 2.92. The van der Waals surface area contributed by atoms with Crippen LogP contribution in [0.15, 0.2) is 24.3 Å². The molecule has 18 heavy (non-hydrogen) atoms. The van der Waals surface area contributed by atoms with Crippen LogP contribution in [0.1, 0.15) is 25.7 Å². The molecule has 2 rings (SSSR count). The first-order chi connectivity index (χ1) is 8.79. The van der Waals surface area contributed by atoms with Crippen molar-refractivity contribution in [1.29, 1.82) is 0 Å². The molecular weight excluding hydrogens is 226 g/mol. The summed E-state index contributed by atoms with van der Waals surface area (Å²) in [5.74, 6) is 0.0408. The van der Waals surface area contributed by atoms with Crippen LogP contribution in [0.5, 0.6) is 0 Å². The first kappa shape index (κ1) is 12.9. The first-order valence-electron chi connectivity index (χ1n) is 6.64. The second kappa shape index (κ2) is 6.40. The van der Waals surface area contributed by atoms with Crippen LogP contribution in [0, 0.1) is 0 Å². The summed E-state index contributed by atoms with van der Waals surface area (Å²) in [5.41, 5.74) is 7.46. The number of nitrogens with two attached hydrogens (primary N) is 1. The molecule has 1 aromatic rings. The lowest BCUT2D eigenvalue weighted by Crippen LogP contribution is -2.18. The van der Waals surface area contributed by atoms with Crippen LogP contribution in [-0.2, 0) is 4.79 Å². The van der Waals surface area contributed by atoms with Crippen LogP contribution in [0.2, 0.25) is 0 Å². The van der Waals surface area contributed by atoms with Gasteiger partial charge in [0.1, 0.15) is 0 Å². The number of rotatable bonds is 5. The third-order valence-electron chi connectivity index (χ3n) is 3.21. The molecule has 1 fully saturated rings. The number of carbonyl (C=O) groups is 1. The number of anilines is 2. The fourth-order valence-corrected chi connectivity index (χ4v) is 2.24. The molecule has 1 aliphatic rings. The van der Waals surface area contributed by atoms with E-state index in [2.05, 4.69) is 16.3 Å². The maximum atomic E-state index is 11.6. The summed E-state index contributed by atoms with van der Waals surface area (Å²) in [4.78, 5) is 14.0. The molecule has 1 amide bonds. The van der Waals surface area contributed by atoms with E-state index >= 15 is 0 Å². The summed E-state index contributed by atoms with van der Waals surface area (Å²) in [7, 11) is 0. The zero-order valence-electron chi connectivity index (χ0n) is 10.7. The summed E-state index contributed by atoms with van der Waals surface area (Å²) in [6.07, 6.45) is 3.74. The lowest BCUT2D eigenvalue weighted by atomic mass is 10.2. The largest absolute Gasteiger partial charge is 0.371 e. The molecule has 1 aromatic carbocycles. The molecule has 4 nitrogen and oxygen atoms in total. The van der Waals surface area contributed by atoms with Gasteiger partial charge in [0.2, 0.25) is 5.91 Å². The number of amides is 1. The van der Waals surface area contributed by atoms with Gasteiger partial charge in [0.15, 0.2) is 0 Å². The topological polar surface area (TPSA) is 58.4 Å². The molecule has 0 saturated carbocycles. The Balaban J connectivity index is 1.96. The summed E-state index contributed by atoms with van der Waals surface area (Å²) in [6.45, 7) is 2.79. The molecule has 3 N–H and O–H groups in total. The van der Waals surface area contributed by atoms with Gasteiger partial charge in [-0.2, -0.15) is 0 Å². The second-order valence-electron chi connectivity index (χ2n) is 4.68. The van der Waals surface area contributed by atoms with Gasteiger partial charge in [0.05, 0.1) is 0 Å². The van der Waals surface area contributed by atoms with E-state index in [-0.39, 0.29) is 5.91 Å². The van der Waals surface area contributed by atoms with Crippen molar-refractivity contribution in [2.45, 2.75) is 25.7 Å². The van der Waals surface area contributed by atoms with Crippen LogP contribution in [0.25, 0.3) is 0 Å². The van der Waals surface area contributed by atoms with Crippen LogP contribution in [0.3, 0.4) is 0 Å². The number of nitrogens with zero attached hydrogens (tertiary/aromatic N) is 1. The highest BCUT2D eigenvalue weighted by Crippen LogP contribution is 2.23. The zero-order chi connectivity index (χ0) is 12.8. The molecule has 0 aliphatic carbocycles. The maximum absolute atomic E-state index is 11.6. The highest BCUT2D eigenvalue weighted by molar-refractivity contribution is 5.91. The van der Waals surface area contributed by atoms with Crippen molar-refractivity contribution in [2.75, 3.05) is 29.9 Å². The molecule has 1 heterocycles. The molecule has 0 radical (unpaired) electrons. The molecule has 0 spiro atoms. The van der Waals surface area contributed by atoms with Gasteiger partial charge < -0.3 is 16.0 Å². The third kappa shape index (κ3) is 3.47. The maximum Gasteiger partial charge on any atom is 0.224 e. The molecule has 1 saturated heterocycles. The quantitative estimate of drug-likeness (QED) is 0.836. The lowest BCUT2D eigenvalue weighted by molar-refractivity contribution is -0.116. The Morgan fingerprint density at radius 3 is 2.83 bits per heavy atom. The number of benzene rings is 1. The van der Waals surface area contributed by atoms with Gasteiger partial charge in [-0.05, 0) is 44.0 Å². The average Bonchev–Trinajstić information content (AvgIpc) is 2.90. The van der Waals surface area contributed by atoms with Crippen LogP contribution in [-0.4, -0.2) is 25.5 Å². The summed E-state index contributed by atoms with van der Waals surface area (Å²) in [6, 6.07) is 8.07. The van der Waals surface area contributed by atoms with Crippen molar-refractivity contribution in [3.05, 3.63) is 24.3 Å². The zero-order valence-corrected chi connectivity index (χ0v) is 10.7. The Morgan fingerprint density at radius 2 is 2.11 bits per heavy atom. The Labute approximate surface area is 108 Å². The minimum Gasteiger partial charge on any atom is -0.371 e. The number of hydrogen-bond donors (Lipinski definition) is 2. The van der Waals surface area contributed by atoms with Gasteiger partial charge in [0.25, 0.3) is 0 Å². The van der Waals surface area contributed by atoms with Gasteiger partial charge in [-0.25, -0.2) is 0 Å². The Kier molecular flexibility index (Phi) is 4.59. The van der Waals surface area contributed by atoms with Gasteiger partial charge in [0, 0.05) is 30.9 Å². The van der Waals surface area contributed by atoms with Crippen molar-refractivity contribution in [3.63, 3.8) is 0 Å². The number of nitrogens with one attached hydrogen (secondary N) is 1. The van der Waals surface area contributed by atoms with E-state index < -0.39 is 0 Å². The Hall–Kier alpha value is -1.55. The SMILES string of the molecule is NCCCC(=O)Nc1cccc(N2CCCC2)c1. The Bertz CT molecular complexity index is 400. The van der Waals surface area contributed by atoms with Crippen LogP contribution in [0.4, 0.5) is 11.4 Å². The molecular formula is C14H21N3O. The van der Waals surface area contributed by atoms with E-state index in [1.54, 1.807) is 0 Å². The predicted octanol–water partition coefficient (Wildman–Crippen LogP) is 1.96. The van der Waals surface area contributed by atoms with E-state index in [4.69, 9.17) is 5.73 Å². The minimum absolute atomic E-state index is 0.0408. The average molecular weight is 247 g/mol. The van der Waals surface area contributed by atoms with E-state index in [9.17, 15) is 4.79 Å². The van der Waals surface area contributed by atoms with E-state index in [0.29, 0.717) is 13.0 Å². The third-order valence-corrected chi connectivity index (χ3v) is 3.21. The summed E-state index contributed by atoms with van der Waals surface area (Å²) >= 11 is 0. The molecule has 1 aliphatic heterocycles. The van der Waals surface area contributed by atoms with Gasteiger partial charge in [-0.15, -0.1) is 0 Å². The second-order valence-corrected chi connectivity index (χ2v) is 4.68. The first-order valence-corrected chi connectivity index (χ1v) is 6.64. The molecule has 98 valence electrons. The fourth-order valence-electron chi connectivity index (χ4n) is 2.24. The lowest BCUT2D eigenvalue weighted by Gasteiger charge is -2.18. The standard InChI is InChI=1S/C14H21N3O/c15-8-4-7-14(18)16-12-5-3-6-13(11-12)17-9-1-2-10-17/h3,5-6,11H,1-2,4,7-10,15H2,(H,16,18). The molecule has 4 heteroatoms. The van der Waals surface area contributed by atoms with Crippen molar-refractivity contribution in [2.24, 2.45) is 5.73 Å². The van der Waals surface area contributed by atoms with Crippen molar-refractivity contribution in [3.8, 4) is 0 Å². The highest BCUT2D eigenvalue weighted by atomic mass is 16.1. The molecule has 0 aromatic heterocycles. The molecule has 0 unspecified atom stereocenters. The fraction of sp³-hybridized carbons (Fsp3) is 0.500. The van der Waals surface area contributed by atoms with Crippen LogP contribution >= 0.6 is 0 Å². The molecule has 0 atom stereocenters. The van der Waals surface area contributed by atoms with Crippen molar-refractivity contribution >= 4 is 17.3 Å². The number of hydrogen-bond acceptors (Lipinski definition) is 3. The predicted molar refractivity (Wildman–Crippen MR) is 74.8 cm³/mol. The smallest absolute Gasteiger partial charge is 0.224 e. The van der Waals surface area contributed by atoms with Gasteiger partial charge in [-0.3, -0.25) is 4.79 Å². The van der Waals surface area contributed by atoms with Gasteiger partial charge in [-0.1, -0.05) is 6.07 Å². The van der Waals surface area contributed by atoms with Crippen molar-refractivity contribution in [1.82, 2.24) is 0 Å². The van der Waals surface area contributed by atoms with Crippen molar-refractivity contribution < 1.29 is 4.79 Å². The van der Waals surface area contributed by atoms with Crippen LogP contribution < -0.4 is 16.0 Å². The number of carbonyl (C=O) groups excluding carboxylic acids is 1. The van der Waals surface area contributed by atoms with E-state index in [1.807, 2.05) is 18.2 Å². The van der Waals surface area contributed by atoms with Gasteiger partial charge >= 0.3 is 0 Å². The minimum atomic E-state index is 0.0408. The molecule has 0 bridgehead atoms. The van der Waals surface area contributed by atoms with E-state index in [1.165, 1.54) is 18.5 Å².